The highest BCUT2D eigenvalue weighted by Crippen LogP contribution is 2.40. The maximum Gasteiger partial charge on any atom is 0.130 e. The van der Waals surface area contributed by atoms with Gasteiger partial charge in [-0.05, 0) is 23.8 Å². The first-order chi connectivity index (χ1) is 12.1. The summed E-state index contributed by atoms with van der Waals surface area (Å²) in [5.74, 6) is 1.55. The van der Waals surface area contributed by atoms with E-state index >= 15 is 0 Å². The molecule has 0 saturated heterocycles. The lowest BCUT2D eigenvalue weighted by atomic mass is 9.98. The van der Waals surface area contributed by atoms with E-state index in [1.807, 2.05) is 24.4 Å². The van der Waals surface area contributed by atoms with Gasteiger partial charge >= 0.3 is 0 Å². The summed E-state index contributed by atoms with van der Waals surface area (Å²) in [7, 11) is 0. The highest BCUT2D eigenvalue weighted by molar-refractivity contribution is 5.92. The maximum atomic E-state index is 10.0. The number of ether oxygens (including phenoxy) is 1. The van der Waals surface area contributed by atoms with Crippen LogP contribution in [0.2, 0.25) is 0 Å². The van der Waals surface area contributed by atoms with Crippen LogP contribution in [0, 0.1) is 0 Å². The van der Waals surface area contributed by atoms with Crippen molar-refractivity contribution in [2.45, 2.75) is 6.42 Å². The van der Waals surface area contributed by atoms with Crippen molar-refractivity contribution in [2.75, 3.05) is 12.3 Å². The van der Waals surface area contributed by atoms with E-state index in [1.165, 1.54) is 5.56 Å². The average molecular weight is 333 g/mol. The SMILES string of the molecule is N/C(=C\c1c(-c2cccc3c2OCC3)c[nH]c1N)c1ccccc1O. The second kappa shape index (κ2) is 5.94. The van der Waals surface area contributed by atoms with Crippen LogP contribution in [-0.2, 0) is 6.42 Å². The van der Waals surface area contributed by atoms with Crippen LogP contribution >= 0.6 is 0 Å². The average Bonchev–Trinajstić information content (AvgIpc) is 3.22. The molecule has 4 rings (SSSR count). The van der Waals surface area contributed by atoms with Crippen molar-refractivity contribution in [3.63, 3.8) is 0 Å². The van der Waals surface area contributed by atoms with Crippen molar-refractivity contribution < 1.29 is 9.84 Å². The van der Waals surface area contributed by atoms with E-state index in [0.29, 0.717) is 23.7 Å². The molecule has 2 aromatic carbocycles. The van der Waals surface area contributed by atoms with Gasteiger partial charge in [0.2, 0.25) is 0 Å². The van der Waals surface area contributed by atoms with Crippen LogP contribution in [-0.4, -0.2) is 16.7 Å². The third-order valence-corrected chi connectivity index (χ3v) is 4.47. The van der Waals surface area contributed by atoms with Crippen LogP contribution < -0.4 is 16.2 Å². The first-order valence-corrected chi connectivity index (χ1v) is 8.12. The summed E-state index contributed by atoms with van der Waals surface area (Å²) < 4.78 is 5.81. The molecule has 6 N–H and O–H groups in total. The number of anilines is 1. The number of nitrogens with one attached hydrogen (secondary N) is 1. The number of nitrogen functional groups attached to an aromatic ring is 1. The van der Waals surface area contributed by atoms with Crippen LogP contribution in [0.5, 0.6) is 11.5 Å². The molecule has 0 spiro atoms. The van der Waals surface area contributed by atoms with E-state index in [2.05, 4.69) is 11.1 Å². The zero-order valence-electron chi connectivity index (χ0n) is 13.6. The van der Waals surface area contributed by atoms with E-state index in [0.717, 1.165) is 28.9 Å². The largest absolute Gasteiger partial charge is 0.507 e. The number of hydrogen-bond donors (Lipinski definition) is 4. The number of aromatic amines is 1. The fourth-order valence-corrected chi connectivity index (χ4v) is 3.21. The van der Waals surface area contributed by atoms with E-state index in [9.17, 15) is 5.11 Å². The molecule has 0 radical (unpaired) electrons. The van der Waals surface area contributed by atoms with Crippen molar-refractivity contribution in [1.82, 2.24) is 4.98 Å². The van der Waals surface area contributed by atoms with Gasteiger partial charge in [0, 0.05) is 40.6 Å². The maximum absolute atomic E-state index is 10.0. The van der Waals surface area contributed by atoms with Gasteiger partial charge in [-0.15, -0.1) is 0 Å². The Labute approximate surface area is 145 Å². The molecule has 1 aromatic heterocycles. The van der Waals surface area contributed by atoms with Gasteiger partial charge in [-0.3, -0.25) is 0 Å². The Morgan fingerprint density at radius 2 is 1.96 bits per heavy atom. The fraction of sp³-hybridized carbons (Fsp3) is 0.100. The molecular weight excluding hydrogens is 314 g/mol. The van der Waals surface area contributed by atoms with Crippen LogP contribution in [0.25, 0.3) is 22.9 Å². The summed E-state index contributed by atoms with van der Waals surface area (Å²) >= 11 is 0. The molecule has 0 fully saturated rings. The van der Waals surface area contributed by atoms with Crippen molar-refractivity contribution in [3.8, 4) is 22.6 Å². The van der Waals surface area contributed by atoms with Gasteiger partial charge in [-0.2, -0.15) is 0 Å². The van der Waals surface area contributed by atoms with Crippen molar-refractivity contribution in [3.05, 3.63) is 65.4 Å². The number of fused-ring (bicyclic) bond motifs is 1. The molecule has 25 heavy (non-hydrogen) atoms. The number of nitrogens with two attached hydrogens (primary N) is 2. The third-order valence-electron chi connectivity index (χ3n) is 4.47. The second-order valence-corrected chi connectivity index (χ2v) is 6.04. The molecule has 0 bridgehead atoms. The summed E-state index contributed by atoms with van der Waals surface area (Å²) in [6, 6.07) is 13.1. The van der Waals surface area contributed by atoms with Crippen molar-refractivity contribution >= 4 is 17.6 Å². The minimum absolute atomic E-state index is 0.135. The van der Waals surface area contributed by atoms with Gasteiger partial charge in [-0.1, -0.05) is 30.3 Å². The normalized spacial score (nSPS) is 13.5. The number of para-hydroxylation sites is 2. The minimum Gasteiger partial charge on any atom is -0.507 e. The Balaban J connectivity index is 1.83. The number of benzene rings is 2. The van der Waals surface area contributed by atoms with Crippen molar-refractivity contribution in [2.24, 2.45) is 5.73 Å². The van der Waals surface area contributed by atoms with Gasteiger partial charge < -0.3 is 26.3 Å². The van der Waals surface area contributed by atoms with Crippen LogP contribution in [0.3, 0.4) is 0 Å². The molecule has 2 heterocycles. The molecule has 0 saturated carbocycles. The van der Waals surface area contributed by atoms with Gasteiger partial charge in [0.05, 0.1) is 6.61 Å². The standard InChI is InChI=1S/C20H19N3O2/c21-17(14-5-1-2-7-18(14)24)10-15-16(11-23-20(15)22)13-6-3-4-12-8-9-25-19(12)13/h1-7,10-11,23-24H,8-9,21-22H2/b17-10-. The van der Waals surface area contributed by atoms with Gasteiger partial charge in [0.15, 0.2) is 0 Å². The number of rotatable bonds is 3. The Kier molecular flexibility index (Phi) is 3.61. The molecule has 1 aliphatic heterocycles. The van der Waals surface area contributed by atoms with Crippen molar-refractivity contribution in [1.29, 1.82) is 0 Å². The highest BCUT2D eigenvalue weighted by Gasteiger charge is 2.20. The highest BCUT2D eigenvalue weighted by atomic mass is 16.5. The summed E-state index contributed by atoms with van der Waals surface area (Å²) in [6.45, 7) is 0.692. The molecule has 3 aromatic rings. The van der Waals surface area contributed by atoms with Crippen LogP contribution in [0.15, 0.2) is 48.7 Å². The Bertz CT molecular complexity index is 973. The number of aromatic hydroxyl groups is 1. The molecule has 0 atom stereocenters. The lowest BCUT2D eigenvalue weighted by Gasteiger charge is -2.09. The Morgan fingerprint density at radius 1 is 1.12 bits per heavy atom. The molecule has 5 heteroatoms. The summed E-state index contributed by atoms with van der Waals surface area (Å²) in [5.41, 5.74) is 17.3. The predicted octanol–water partition coefficient (Wildman–Crippen LogP) is 3.36. The number of hydrogen-bond acceptors (Lipinski definition) is 4. The predicted molar refractivity (Wildman–Crippen MR) is 100 cm³/mol. The summed E-state index contributed by atoms with van der Waals surface area (Å²) in [4.78, 5) is 3.06. The quantitative estimate of drug-likeness (QED) is 0.591. The topological polar surface area (TPSA) is 97.3 Å². The molecule has 5 nitrogen and oxygen atoms in total. The third kappa shape index (κ3) is 2.59. The number of phenolic OH excluding ortho intramolecular Hbond substituents is 1. The Hall–Kier alpha value is -3.34. The lowest BCUT2D eigenvalue weighted by molar-refractivity contribution is 0.358. The van der Waals surface area contributed by atoms with Crippen LogP contribution in [0.4, 0.5) is 5.82 Å². The monoisotopic (exact) mass is 333 g/mol. The number of aromatic nitrogens is 1. The smallest absolute Gasteiger partial charge is 0.130 e. The number of H-pyrrole nitrogens is 1. The first-order valence-electron chi connectivity index (χ1n) is 8.12. The molecule has 1 aliphatic rings. The first kappa shape index (κ1) is 15.2. The minimum atomic E-state index is 0.135. The van der Waals surface area contributed by atoms with E-state index in [-0.39, 0.29) is 5.75 Å². The molecule has 126 valence electrons. The fourth-order valence-electron chi connectivity index (χ4n) is 3.21. The van der Waals surface area contributed by atoms with Gasteiger partial charge in [0.25, 0.3) is 0 Å². The number of phenols is 1. The summed E-state index contributed by atoms with van der Waals surface area (Å²) in [5, 5.41) is 10.0. The Morgan fingerprint density at radius 3 is 2.80 bits per heavy atom. The molecular formula is C20H19N3O2. The van der Waals surface area contributed by atoms with E-state index < -0.39 is 0 Å². The zero-order chi connectivity index (χ0) is 17.4. The van der Waals surface area contributed by atoms with Gasteiger partial charge in [-0.25, -0.2) is 0 Å². The lowest BCUT2D eigenvalue weighted by Crippen LogP contribution is -1.98. The van der Waals surface area contributed by atoms with E-state index in [4.69, 9.17) is 16.2 Å². The molecule has 0 amide bonds. The molecule has 0 aliphatic carbocycles. The van der Waals surface area contributed by atoms with Gasteiger partial charge in [0.1, 0.15) is 17.3 Å². The zero-order valence-corrected chi connectivity index (χ0v) is 13.6. The van der Waals surface area contributed by atoms with E-state index in [1.54, 1.807) is 24.3 Å². The molecule has 0 unspecified atom stereocenters. The second-order valence-electron chi connectivity index (χ2n) is 6.04. The van der Waals surface area contributed by atoms with Crippen LogP contribution in [0.1, 0.15) is 16.7 Å². The summed E-state index contributed by atoms with van der Waals surface area (Å²) in [6.07, 6.45) is 4.55.